The molecule has 0 aliphatic carbocycles. The first kappa shape index (κ1) is 39.0. The van der Waals surface area contributed by atoms with Gasteiger partial charge in [-0.15, -0.1) is 9.80 Å². The summed E-state index contributed by atoms with van der Waals surface area (Å²) in [4.78, 5) is 2.64. The molecule has 0 saturated carbocycles. The van der Waals surface area contributed by atoms with E-state index >= 15 is 0 Å². The van der Waals surface area contributed by atoms with Gasteiger partial charge in [0, 0.05) is 6.42 Å². The quantitative estimate of drug-likeness (QED) is 0.0650. The van der Waals surface area contributed by atoms with Crippen LogP contribution in [0.2, 0.25) is 0 Å². The summed E-state index contributed by atoms with van der Waals surface area (Å²) in [5, 5.41) is 0. The predicted molar refractivity (Wildman–Crippen MR) is 118 cm³/mol. The Morgan fingerprint density at radius 3 is 1.30 bits per heavy atom. The maximum atomic E-state index is 13.9. The first-order valence-corrected chi connectivity index (χ1v) is 12.7. The number of halogens is 14. The van der Waals surface area contributed by atoms with Crippen molar-refractivity contribution >= 4 is 0 Å². The van der Waals surface area contributed by atoms with Crippen LogP contribution < -0.4 is 24.0 Å². The molecule has 0 unspecified atom stereocenters. The van der Waals surface area contributed by atoms with E-state index in [2.05, 4.69) is 13.6 Å². The lowest BCUT2D eigenvalue weighted by Crippen LogP contribution is -3.00. The molecule has 0 fully saturated rings. The lowest BCUT2D eigenvalue weighted by atomic mass is 9.92. The molecule has 0 aromatic carbocycles. The minimum absolute atomic E-state index is 0. The minimum Gasteiger partial charge on any atom is -1.00 e. The number of unbranched alkanes of at least 4 members (excludes halogenated alkanes) is 9. The van der Waals surface area contributed by atoms with Crippen molar-refractivity contribution in [2.45, 2.75) is 120 Å². The molecule has 237 valence electrons. The smallest absolute Gasteiger partial charge is 0.564 e. The molecule has 1 aliphatic heterocycles. The molecule has 1 heterocycles. The van der Waals surface area contributed by atoms with E-state index < -0.39 is 55.2 Å². The van der Waals surface area contributed by atoms with Crippen LogP contribution in [0.5, 0.6) is 0 Å². The number of hydrogen-bond acceptors (Lipinski definition) is 2. The zero-order valence-corrected chi connectivity index (χ0v) is 23.9. The highest BCUT2D eigenvalue weighted by atomic mass is 127. The number of rotatable bonds is 19. The Kier molecular flexibility index (Phi) is 15.1. The summed E-state index contributed by atoms with van der Waals surface area (Å²) >= 11 is 0. The van der Waals surface area contributed by atoms with Crippen molar-refractivity contribution in [2.24, 2.45) is 0 Å². The highest BCUT2D eigenvalue weighted by Crippen LogP contribution is 2.60. The fraction of sp³-hybridized carbons (Fsp3) is 0.875. The molecule has 1 aliphatic rings. The molecule has 1 radical (unpaired) electrons. The maximum Gasteiger partial charge on any atom is 0.564 e. The predicted octanol–water partition coefficient (Wildman–Crippen LogP) is 6.52. The van der Waals surface area contributed by atoms with Crippen LogP contribution in [-0.4, -0.2) is 58.7 Å². The van der Waals surface area contributed by atoms with E-state index in [1.165, 1.54) is 49.4 Å². The normalized spacial score (nSPS) is 15.4. The molecule has 0 aromatic rings. The van der Waals surface area contributed by atoms with E-state index in [4.69, 9.17) is 0 Å². The van der Waals surface area contributed by atoms with Crippen molar-refractivity contribution in [3.05, 3.63) is 19.1 Å². The summed E-state index contributed by atoms with van der Waals surface area (Å²) in [5.74, 6) is -36.6. The van der Waals surface area contributed by atoms with E-state index in [0.29, 0.717) is 6.54 Å². The van der Waals surface area contributed by atoms with Crippen LogP contribution in [0, 0.1) is 6.67 Å². The van der Waals surface area contributed by atoms with Crippen molar-refractivity contribution in [1.29, 1.82) is 0 Å². The second kappa shape index (κ2) is 15.5. The van der Waals surface area contributed by atoms with Crippen LogP contribution in [0.3, 0.4) is 0 Å². The van der Waals surface area contributed by atoms with Gasteiger partial charge < -0.3 is 24.0 Å². The van der Waals surface area contributed by atoms with Gasteiger partial charge in [-0.3, -0.25) is 0 Å². The molecule has 0 atom stereocenters. The SMILES string of the molecule is CCCCCCCCCCCCN1[C+]N(CCCC(F)(F)C(F)(F)C(F)(F)C(F)(F)C(F)(F)C(F)(F)F)C=C1.[I-]. The van der Waals surface area contributed by atoms with Crippen LogP contribution in [0.4, 0.5) is 57.1 Å². The first-order valence-electron chi connectivity index (χ1n) is 12.7. The minimum atomic E-state index is -7.86. The topological polar surface area (TPSA) is 6.48 Å². The van der Waals surface area contributed by atoms with Gasteiger partial charge in [0.25, 0.3) is 0 Å². The van der Waals surface area contributed by atoms with E-state index in [1.807, 2.05) is 0 Å². The second-order valence-electron chi connectivity index (χ2n) is 9.57. The zero-order chi connectivity index (χ0) is 30.2. The van der Waals surface area contributed by atoms with Gasteiger partial charge in [-0.25, -0.2) is 0 Å². The van der Waals surface area contributed by atoms with Crippen LogP contribution in [-0.2, 0) is 0 Å². The van der Waals surface area contributed by atoms with Crippen molar-refractivity contribution < 1.29 is 81.1 Å². The molecule has 2 nitrogen and oxygen atoms in total. The zero-order valence-electron chi connectivity index (χ0n) is 21.7. The molecule has 0 saturated heterocycles. The number of nitrogens with zero attached hydrogens (tertiary/aromatic N) is 2. The van der Waals surface area contributed by atoms with Crippen LogP contribution in [0.15, 0.2) is 12.4 Å². The number of hydrogen-bond donors (Lipinski definition) is 0. The van der Waals surface area contributed by atoms with E-state index in [1.54, 1.807) is 0 Å². The molecule has 0 amide bonds. The van der Waals surface area contributed by atoms with E-state index in [0.717, 1.165) is 37.0 Å². The summed E-state index contributed by atoms with van der Waals surface area (Å²) in [6.45, 7) is 4.79. The van der Waals surface area contributed by atoms with Gasteiger partial charge in [0.1, 0.15) is 0 Å². The van der Waals surface area contributed by atoms with Gasteiger partial charge in [0.2, 0.25) is 0 Å². The Hall–Kier alpha value is -0.970. The lowest BCUT2D eigenvalue weighted by Gasteiger charge is -2.39. The number of alkyl halides is 13. The standard InChI is InChI=1S/C24H33F13N2.HI/c1-2-3-4-5-6-7-8-9-10-11-14-38-16-17-39(18-38)15-12-13-19(25,26)20(27,28)21(29,30)22(31,32)23(33,34)24(35,36)37;/h16-17H,2-15H2,1H3;1H/q+1;/p-1. The third-order valence-corrected chi connectivity index (χ3v) is 6.32. The Bertz CT molecular complexity index is 758. The summed E-state index contributed by atoms with van der Waals surface area (Å²) in [7, 11) is 0. The van der Waals surface area contributed by atoms with Crippen molar-refractivity contribution in [3.8, 4) is 0 Å². The van der Waals surface area contributed by atoms with Crippen molar-refractivity contribution in [3.63, 3.8) is 0 Å². The van der Waals surface area contributed by atoms with Crippen molar-refractivity contribution in [2.75, 3.05) is 13.1 Å². The molecule has 40 heavy (non-hydrogen) atoms. The Morgan fingerprint density at radius 1 is 0.500 bits per heavy atom. The Morgan fingerprint density at radius 2 is 0.875 bits per heavy atom. The Balaban J connectivity index is 0.0000152. The van der Waals surface area contributed by atoms with Gasteiger partial charge in [-0.05, 0) is 12.8 Å². The largest absolute Gasteiger partial charge is 1.00 e. The monoisotopic (exact) mass is 723 g/mol. The maximum absolute atomic E-state index is 13.9. The van der Waals surface area contributed by atoms with Crippen LogP contribution in [0.25, 0.3) is 0 Å². The highest BCUT2D eigenvalue weighted by molar-refractivity contribution is 5.10. The van der Waals surface area contributed by atoms with Gasteiger partial charge in [-0.1, -0.05) is 64.7 Å². The van der Waals surface area contributed by atoms with Gasteiger partial charge in [0.05, 0.1) is 25.5 Å². The summed E-state index contributed by atoms with van der Waals surface area (Å²) < 4.78 is 171. The van der Waals surface area contributed by atoms with Gasteiger partial charge in [-0.2, -0.15) is 57.1 Å². The summed E-state index contributed by atoms with van der Waals surface area (Å²) in [6.07, 6.45) is 3.07. The molecule has 0 bridgehead atoms. The van der Waals surface area contributed by atoms with Crippen LogP contribution >= 0.6 is 0 Å². The molecular weight excluding hydrogens is 690 g/mol. The van der Waals surface area contributed by atoms with Crippen LogP contribution in [0.1, 0.15) is 84.0 Å². The summed E-state index contributed by atoms with van der Waals surface area (Å²) in [6, 6.07) is 0. The third kappa shape index (κ3) is 9.27. The molecule has 1 rings (SSSR count). The van der Waals surface area contributed by atoms with Crippen molar-refractivity contribution in [1.82, 2.24) is 9.80 Å². The van der Waals surface area contributed by atoms with Gasteiger partial charge >= 0.3 is 42.5 Å². The fourth-order valence-electron chi connectivity index (χ4n) is 3.84. The third-order valence-electron chi connectivity index (χ3n) is 6.32. The molecule has 0 spiro atoms. The second-order valence-corrected chi connectivity index (χ2v) is 9.57. The molecular formula is C24H33F13IN2. The van der Waals surface area contributed by atoms with E-state index in [9.17, 15) is 57.1 Å². The fourth-order valence-corrected chi connectivity index (χ4v) is 3.84. The molecule has 0 N–H and O–H groups in total. The van der Waals surface area contributed by atoms with Gasteiger partial charge in [0.15, 0.2) is 0 Å². The molecule has 0 aromatic heterocycles. The highest BCUT2D eigenvalue weighted by Gasteiger charge is 2.90. The molecule has 16 heteroatoms. The Labute approximate surface area is 242 Å². The van der Waals surface area contributed by atoms with E-state index in [-0.39, 0.29) is 24.0 Å². The first-order chi connectivity index (χ1) is 17.8. The summed E-state index contributed by atoms with van der Waals surface area (Å²) in [5.41, 5.74) is 0. The lowest BCUT2D eigenvalue weighted by molar-refractivity contribution is -0.440. The average molecular weight is 723 g/mol. The average Bonchev–Trinajstić information content (AvgIpc) is 3.26.